The third-order valence-corrected chi connectivity index (χ3v) is 5.31. The van der Waals surface area contributed by atoms with Crippen molar-refractivity contribution in [1.82, 2.24) is 0 Å². The molecular weight excluding hydrogens is 378 g/mol. The molecule has 1 atom stereocenters. The topological polar surface area (TPSA) is 105 Å². The summed E-state index contributed by atoms with van der Waals surface area (Å²) in [5.41, 5.74) is 1.50. The van der Waals surface area contributed by atoms with E-state index in [1.165, 1.54) is 0 Å². The van der Waals surface area contributed by atoms with Gasteiger partial charge >= 0.3 is 11.9 Å². The van der Waals surface area contributed by atoms with Gasteiger partial charge in [-0.1, -0.05) is 25.0 Å². The molecule has 1 aliphatic carbocycles. The Hall–Kier alpha value is -2.64. The van der Waals surface area contributed by atoms with Crippen molar-refractivity contribution in [3.8, 4) is 5.75 Å². The smallest absolute Gasteiger partial charge is 0.321 e. The molecule has 1 fully saturated rings. The van der Waals surface area contributed by atoms with Crippen molar-refractivity contribution < 1.29 is 28.7 Å². The van der Waals surface area contributed by atoms with Crippen LogP contribution in [0.4, 0.5) is 0 Å². The molecule has 1 aromatic rings. The monoisotopic (exact) mass is 407 g/mol. The van der Waals surface area contributed by atoms with Crippen LogP contribution in [0.25, 0.3) is 0 Å². The van der Waals surface area contributed by atoms with Gasteiger partial charge in [0.1, 0.15) is 5.75 Å². The molecule has 0 heterocycles. The summed E-state index contributed by atoms with van der Waals surface area (Å²) in [4.78, 5) is 36.0. The first-order chi connectivity index (χ1) is 13.9. The number of rotatable bonds is 10. The molecule has 8 nitrogen and oxygen atoms in total. The van der Waals surface area contributed by atoms with Crippen molar-refractivity contribution in [2.45, 2.75) is 51.4 Å². The Morgan fingerprint density at radius 1 is 1.14 bits per heavy atom. The minimum absolute atomic E-state index is 0.0653. The molecule has 0 amide bonds. The van der Waals surface area contributed by atoms with Crippen molar-refractivity contribution >= 4 is 11.9 Å². The Kier molecular flexibility index (Phi) is 8.42. The van der Waals surface area contributed by atoms with Crippen molar-refractivity contribution in [3.63, 3.8) is 0 Å². The molecule has 160 valence electrons. The quantitative estimate of drug-likeness (QED) is 0.253. The fraction of sp³-hybridized carbons (Fsp3) is 0.619. The zero-order valence-electron chi connectivity index (χ0n) is 17.2. The third kappa shape index (κ3) is 5.68. The summed E-state index contributed by atoms with van der Waals surface area (Å²) >= 11 is 0. The summed E-state index contributed by atoms with van der Waals surface area (Å²) in [7, 11) is 1.59. The largest absolute Gasteiger partial charge is 0.496 e. The second-order valence-corrected chi connectivity index (χ2v) is 7.09. The van der Waals surface area contributed by atoms with Crippen LogP contribution in [0.2, 0.25) is 0 Å². The van der Waals surface area contributed by atoms with Crippen LogP contribution in [0.5, 0.6) is 5.75 Å². The lowest BCUT2D eigenvalue weighted by Gasteiger charge is -2.23. The van der Waals surface area contributed by atoms with E-state index in [1.54, 1.807) is 33.1 Å². The van der Waals surface area contributed by atoms with E-state index in [0.29, 0.717) is 17.2 Å². The van der Waals surface area contributed by atoms with Gasteiger partial charge in [0.15, 0.2) is 5.92 Å². The van der Waals surface area contributed by atoms with Crippen LogP contribution in [0.3, 0.4) is 0 Å². The van der Waals surface area contributed by atoms with Crippen LogP contribution < -0.4 is 4.74 Å². The first-order valence-electron chi connectivity index (χ1n) is 10.1. The van der Waals surface area contributed by atoms with Gasteiger partial charge in [-0.25, -0.2) is 0 Å². The van der Waals surface area contributed by atoms with Crippen LogP contribution in [0.1, 0.15) is 62.5 Å². The van der Waals surface area contributed by atoms with Crippen molar-refractivity contribution in [2.24, 2.45) is 5.92 Å². The molecular formula is C21H29NO7. The number of benzene rings is 1. The van der Waals surface area contributed by atoms with E-state index in [1.807, 2.05) is 6.07 Å². The number of nitro groups is 1. The Morgan fingerprint density at radius 2 is 1.72 bits per heavy atom. The molecule has 1 aromatic carbocycles. The molecule has 0 aromatic heterocycles. The predicted molar refractivity (Wildman–Crippen MR) is 106 cm³/mol. The van der Waals surface area contributed by atoms with E-state index in [-0.39, 0.29) is 13.2 Å². The van der Waals surface area contributed by atoms with E-state index < -0.39 is 35.2 Å². The number of carbonyl (C=O) groups excluding carboxylic acids is 2. The van der Waals surface area contributed by atoms with Gasteiger partial charge in [0.2, 0.25) is 6.54 Å². The number of ether oxygens (including phenoxy) is 3. The highest BCUT2D eigenvalue weighted by Gasteiger charge is 2.41. The lowest BCUT2D eigenvalue weighted by Crippen LogP contribution is -2.36. The van der Waals surface area contributed by atoms with Crippen LogP contribution >= 0.6 is 0 Å². The molecule has 0 radical (unpaired) electrons. The van der Waals surface area contributed by atoms with E-state index in [0.717, 1.165) is 31.2 Å². The fourth-order valence-corrected chi connectivity index (χ4v) is 3.99. The summed E-state index contributed by atoms with van der Waals surface area (Å²) in [6.07, 6.45) is 4.26. The summed E-state index contributed by atoms with van der Waals surface area (Å²) < 4.78 is 15.6. The van der Waals surface area contributed by atoms with Gasteiger partial charge in [-0.3, -0.25) is 19.7 Å². The molecule has 0 saturated heterocycles. The number of esters is 2. The molecule has 0 aliphatic heterocycles. The molecule has 0 N–H and O–H groups in total. The highest BCUT2D eigenvalue weighted by atomic mass is 16.6. The van der Waals surface area contributed by atoms with E-state index >= 15 is 0 Å². The van der Waals surface area contributed by atoms with Gasteiger partial charge in [0.05, 0.1) is 26.2 Å². The molecule has 0 spiro atoms. The first kappa shape index (κ1) is 22.6. The van der Waals surface area contributed by atoms with E-state index in [4.69, 9.17) is 14.2 Å². The molecule has 0 bridgehead atoms. The van der Waals surface area contributed by atoms with Crippen LogP contribution in [-0.4, -0.2) is 43.7 Å². The number of nitrogens with zero attached hydrogens (tertiary/aromatic N) is 1. The Bertz CT molecular complexity index is 710. The maximum atomic E-state index is 12.5. The normalized spacial score (nSPS) is 15.2. The minimum Gasteiger partial charge on any atom is -0.496 e. The summed E-state index contributed by atoms with van der Waals surface area (Å²) in [6, 6.07) is 5.27. The number of carbonyl (C=O) groups is 2. The van der Waals surface area contributed by atoms with Gasteiger partial charge in [0.25, 0.3) is 0 Å². The van der Waals surface area contributed by atoms with Gasteiger partial charge < -0.3 is 14.2 Å². The second kappa shape index (κ2) is 10.8. The Morgan fingerprint density at radius 3 is 2.21 bits per heavy atom. The van der Waals surface area contributed by atoms with Gasteiger partial charge in [-0.2, -0.15) is 0 Å². The lowest BCUT2D eigenvalue weighted by atomic mass is 9.83. The molecule has 29 heavy (non-hydrogen) atoms. The third-order valence-electron chi connectivity index (χ3n) is 5.31. The number of hydrogen-bond acceptors (Lipinski definition) is 7. The average molecular weight is 407 g/mol. The summed E-state index contributed by atoms with van der Waals surface area (Å²) in [6.45, 7) is 2.78. The first-order valence-corrected chi connectivity index (χ1v) is 10.1. The van der Waals surface area contributed by atoms with Gasteiger partial charge in [-0.15, -0.1) is 0 Å². The standard InChI is InChI=1S/C21H29NO7/c1-4-28-20(23)19(21(24)29-5-2)17(13-22(25)26)15-10-11-18(27-3)16(12-15)14-8-6-7-9-14/h10-12,14,17,19H,4-9,13H2,1-3H3/t17-/m0/s1. The zero-order chi connectivity index (χ0) is 21.4. The fourth-order valence-electron chi connectivity index (χ4n) is 3.99. The maximum absolute atomic E-state index is 12.5. The van der Waals surface area contributed by atoms with Crippen LogP contribution in [0, 0.1) is 16.0 Å². The van der Waals surface area contributed by atoms with Crippen molar-refractivity contribution in [3.05, 3.63) is 39.4 Å². The molecule has 0 unspecified atom stereocenters. The highest BCUT2D eigenvalue weighted by molar-refractivity contribution is 5.96. The number of methoxy groups -OCH3 is 1. The summed E-state index contributed by atoms with van der Waals surface area (Å²) in [5.74, 6) is -3.00. The SMILES string of the molecule is CCOC(=O)C(C(=O)OCC)[C@@H](C[N+](=O)[O-])c1ccc(OC)c(C2CCCC2)c1. The molecule has 1 aliphatic rings. The Balaban J connectivity index is 2.51. The van der Waals surface area contributed by atoms with E-state index in [9.17, 15) is 19.7 Å². The number of hydrogen-bond donors (Lipinski definition) is 0. The molecule has 8 heteroatoms. The van der Waals surface area contributed by atoms with Crippen molar-refractivity contribution in [2.75, 3.05) is 26.9 Å². The predicted octanol–water partition coefficient (Wildman–Crippen LogP) is 3.46. The minimum atomic E-state index is -1.40. The zero-order valence-corrected chi connectivity index (χ0v) is 17.2. The van der Waals surface area contributed by atoms with Crippen LogP contribution in [-0.2, 0) is 19.1 Å². The van der Waals surface area contributed by atoms with Gasteiger partial charge in [0, 0.05) is 4.92 Å². The Labute approximate surface area is 170 Å². The molecule has 2 rings (SSSR count). The lowest BCUT2D eigenvalue weighted by molar-refractivity contribution is -0.484. The highest BCUT2D eigenvalue weighted by Crippen LogP contribution is 2.41. The average Bonchev–Trinajstić information content (AvgIpc) is 3.21. The second-order valence-electron chi connectivity index (χ2n) is 7.09. The summed E-state index contributed by atoms with van der Waals surface area (Å²) in [5, 5.41) is 11.4. The molecule has 1 saturated carbocycles. The maximum Gasteiger partial charge on any atom is 0.321 e. The van der Waals surface area contributed by atoms with Crippen LogP contribution in [0.15, 0.2) is 18.2 Å². The van der Waals surface area contributed by atoms with E-state index in [2.05, 4.69) is 0 Å². The van der Waals surface area contributed by atoms with Gasteiger partial charge in [-0.05, 0) is 49.8 Å². The van der Waals surface area contributed by atoms with Crippen molar-refractivity contribution in [1.29, 1.82) is 0 Å².